The van der Waals surface area contributed by atoms with E-state index in [1.807, 2.05) is 48.5 Å². The zero-order chi connectivity index (χ0) is 24.2. The molecular weight excluding hydrogens is 442 g/mol. The number of nitrogens with one attached hydrogen (secondary N) is 1. The van der Waals surface area contributed by atoms with Gasteiger partial charge in [0.2, 0.25) is 0 Å². The summed E-state index contributed by atoms with van der Waals surface area (Å²) in [6.07, 6.45) is 2.75. The van der Waals surface area contributed by atoms with E-state index in [1.165, 1.54) is 0 Å². The minimum atomic E-state index is -0.483. The highest BCUT2D eigenvalue weighted by atomic mass is 16.5. The Hall–Kier alpha value is -3.93. The summed E-state index contributed by atoms with van der Waals surface area (Å²) in [6, 6.07) is 25.5. The van der Waals surface area contributed by atoms with Crippen molar-refractivity contribution in [3.05, 3.63) is 90.5 Å². The van der Waals surface area contributed by atoms with Gasteiger partial charge in [0, 0.05) is 17.2 Å². The van der Waals surface area contributed by atoms with Crippen molar-refractivity contribution >= 4 is 23.3 Å². The standard InChI is InChI=1S/C29H27NO5/c31-25(30-22-13-15-24(16-14-22)35-23-9-5-2-6-10-23)18-34-29(33)27-21-12-11-20(17-21)26(27)28(32)19-7-3-1-4-8-19/h1-10,13-16,20-21,26-27H,11-12,17-18H2,(H,30,31)/t20-,21-,26-,27+/m0/s1. The number of para-hydroxylation sites is 1. The second kappa shape index (κ2) is 10.1. The molecule has 178 valence electrons. The van der Waals surface area contributed by atoms with Gasteiger partial charge in [-0.3, -0.25) is 14.4 Å². The van der Waals surface area contributed by atoms with Gasteiger partial charge < -0.3 is 14.8 Å². The second-order valence-electron chi connectivity index (χ2n) is 9.21. The van der Waals surface area contributed by atoms with E-state index in [4.69, 9.17) is 9.47 Å². The number of esters is 1. The van der Waals surface area contributed by atoms with E-state index in [1.54, 1.807) is 36.4 Å². The smallest absolute Gasteiger partial charge is 0.310 e. The molecule has 3 aromatic carbocycles. The fraction of sp³-hybridized carbons (Fsp3) is 0.276. The molecule has 2 aliphatic carbocycles. The molecule has 0 aliphatic heterocycles. The van der Waals surface area contributed by atoms with Gasteiger partial charge in [-0.2, -0.15) is 0 Å². The number of hydrogen-bond acceptors (Lipinski definition) is 5. The van der Waals surface area contributed by atoms with Crippen molar-refractivity contribution < 1.29 is 23.9 Å². The summed E-state index contributed by atoms with van der Waals surface area (Å²) in [5.41, 5.74) is 1.20. The van der Waals surface area contributed by atoms with Crippen LogP contribution in [0, 0.1) is 23.7 Å². The molecule has 5 rings (SSSR count). The molecule has 3 aromatic rings. The first-order valence-electron chi connectivity index (χ1n) is 12.0. The number of ketones is 1. The summed E-state index contributed by atoms with van der Waals surface area (Å²) >= 11 is 0. The number of carbonyl (C=O) groups is 3. The lowest BCUT2D eigenvalue weighted by molar-refractivity contribution is -0.154. The number of carbonyl (C=O) groups excluding carboxylic acids is 3. The topological polar surface area (TPSA) is 81.7 Å². The van der Waals surface area contributed by atoms with Gasteiger partial charge in [-0.05, 0) is 67.5 Å². The zero-order valence-corrected chi connectivity index (χ0v) is 19.3. The van der Waals surface area contributed by atoms with Crippen molar-refractivity contribution in [3.8, 4) is 11.5 Å². The van der Waals surface area contributed by atoms with Crippen LogP contribution in [0.4, 0.5) is 5.69 Å². The molecule has 1 amide bonds. The van der Waals surface area contributed by atoms with Gasteiger partial charge in [0.15, 0.2) is 12.4 Å². The van der Waals surface area contributed by atoms with Crippen LogP contribution in [-0.4, -0.2) is 24.3 Å². The largest absolute Gasteiger partial charge is 0.457 e. The average molecular weight is 470 g/mol. The molecule has 0 saturated heterocycles. The molecule has 0 aromatic heterocycles. The van der Waals surface area contributed by atoms with Gasteiger partial charge in [0.25, 0.3) is 5.91 Å². The van der Waals surface area contributed by atoms with Crippen molar-refractivity contribution in [2.45, 2.75) is 19.3 Å². The number of benzene rings is 3. The van der Waals surface area contributed by atoms with E-state index in [-0.39, 0.29) is 30.1 Å². The van der Waals surface area contributed by atoms with Crippen molar-refractivity contribution in [3.63, 3.8) is 0 Å². The molecule has 0 spiro atoms. The third kappa shape index (κ3) is 5.11. The van der Waals surface area contributed by atoms with Gasteiger partial charge in [0.05, 0.1) is 5.92 Å². The van der Waals surface area contributed by atoms with Crippen LogP contribution in [0.25, 0.3) is 0 Å². The summed E-state index contributed by atoms with van der Waals surface area (Å²) in [7, 11) is 0. The number of hydrogen-bond donors (Lipinski definition) is 1. The maximum atomic E-state index is 13.2. The lowest BCUT2D eigenvalue weighted by atomic mass is 9.75. The van der Waals surface area contributed by atoms with Crippen molar-refractivity contribution in [2.75, 3.05) is 11.9 Å². The molecule has 0 radical (unpaired) electrons. The Morgan fingerprint density at radius 1 is 0.743 bits per heavy atom. The molecule has 4 atom stereocenters. The van der Waals surface area contributed by atoms with Crippen molar-refractivity contribution in [1.29, 1.82) is 0 Å². The molecule has 2 bridgehead atoms. The fourth-order valence-corrected chi connectivity index (χ4v) is 5.46. The maximum Gasteiger partial charge on any atom is 0.310 e. The van der Waals surface area contributed by atoms with E-state index < -0.39 is 17.8 Å². The van der Waals surface area contributed by atoms with Crippen LogP contribution < -0.4 is 10.1 Å². The van der Waals surface area contributed by atoms with E-state index in [9.17, 15) is 14.4 Å². The van der Waals surface area contributed by atoms with E-state index in [2.05, 4.69) is 5.32 Å². The number of ether oxygens (including phenoxy) is 2. The number of Topliss-reactive ketones (excluding diaryl/α,β-unsaturated/α-hetero) is 1. The summed E-state index contributed by atoms with van der Waals surface area (Å²) in [5, 5.41) is 2.73. The minimum Gasteiger partial charge on any atom is -0.457 e. The quantitative estimate of drug-likeness (QED) is 0.348. The molecule has 6 nitrogen and oxygen atoms in total. The van der Waals surface area contributed by atoms with Gasteiger partial charge in [-0.1, -0.05) is 48.5 Å². The SMILES string of the molecule is O=C(COC(=O)[C@@H]1[C@H]2CC[C@@H](C2)[C@@H]1C(=O)c1ccccc1)Nc1ccc(Oc2ccccc2)cc1. The molecule has 0 heterocycles. The van der Waals surface area contributed by atoms with Gasteiger partial charge in [-0.25, -0.2) is 0 Å². The molecule has 35 heavy (non-hydrogen) atoms. The summed E-state index contributed by atoms with van der Waals surface area (Å²) in [6.45, 7) is -0.388. The Kier molecular flexibility index (Phi) is 6.62. The third-order valence-corrected chi connectivity index (χ3v) is 7.01. The number of anilines is 1. The zero-order valence-electron chi connectivity index (χ0n) is 19.3. The number of rotatable bonds is 8. The van der Waals surface area contributed by atoms with Crippen LogP contribution in [0.5, 0.6) is 11.5 Å². The molecule has 2 fully saturated rings. The average Bonchev–Trinajstić information content (AvgIpc) is 3.51. The number of fused-ring (bicyclic) bond motifs is 2. The van der Waals surface area contributed by atoms with Gasteiger partial charge >= 0.3 is 5.97 Å². The summed E-state index contributed by atoms with van der Waals surface area (Å²) < 4.78 is 11.2. The molecule has 0 unspecified atom stereocenters. The van der Waals surface area contributed by atoms with E-state index in [0.717, 1.165) is 25.0 Å². The van der Waals surface area contributed by atoms with Crippen LogP contribution >= 0.6 is 0 Å². The van der Waals surface area contributed by atoms with E-state index in [0.29, 0.717) is 17.0 Å². The monoisotopic (exact) mass is 469 g/mol. The highest BCUT2D eigenvalue weighted by Gasteiger charge is 2.54. The van der Waals surface area contributed by atoms with Crippen LogP contribution in [0.2, 0.25) is 0 Å². The number of amides is 1. The van der Waals surface area contributed by atoms with Crippen LogP contribution in [-0.2, 0) is 14.3 Å². The Morgan fingerprint density at radius 3 is 2.03 bits per heavy atom. The van der Waals surface area contributed by atoms with Crippen LogP contribution in [0.1, 0.15) is 29.6 Å². The van der Waals surface area contributed by atoms with Crippen molar-refractivity contribution in [2.24, 2.45) is 23.7 Å². The lowest BCUT2D eigenvalue weighted by Gasteiger charge is -2.28. The second-order valence-corrected chi connectivity index (χ2v) is 9.21. The maximum absolute atomic E-state index is 13.2. The van der Waals surface area contributed by atoms with Crippen LogP contribution in [0.15, 0.2) is 84.9 Å². The molecule has 2 aliphatic rings. The normalized spacial score (nSPS) is 22.4. The Bertz CT molecular complexity index is 1190. The lowest BCUT2D eigenvalue weighted by Crippen LogP contribution is -2.37. The first-order chi connectivity index (χ1) is 17.1. The summed E-state index contributed by atoms with van der Waals surface area (Å²) in [4.78, 5) is 38.6. The predicted octanol–water partition coefficient (Wildman–Crippen LogP) is 5.51. The molecule has 1 N–H and O–H groups in total. The first kappa shape index (κ1) is 22.8. The highest BCUT2D eigenvalue weighted by Crippen LogP contribution is 2.53. The molecule has 6 heteroatoms. The highest BCUT2D eigenvalue weighted by molar-refractivity contribution is 6.01. The van der Waals surface area contributed by atoms with Gasteiger partial charge in [-0.15, -0.1) is 0 Å². The Balaban J connectivity index is 1.16. The Morgan fingerprint density at radius 2 is 1.34 bits per heavy atom. The first-order valence-corrected chi connectivity index (χ1v) is 12.0. The Labute approximate surface area is 204 Å². The van der Waals surface area contributed by atoms with E-state index >= 15 is 0 Å². The third-order valence-electron chi connectivity index (χ3n) is 7.01. The molecular formula is C29H27NO5. The minimum absolute atomic E-state index is 0.00186. The van der Waals surface area contributed by atoms with Crippen LogP contribution in [0.3, 0.4) is 0 Å². The van der Waals surface area contributed by atoms with Crippen molar-refractivity contribution in [1.82, 2.24) is 0 Å². The molecule has 2 saturated carbocycles. The predicted molar refractivity (Wildman–Crippen MR) is 131 cm³/mol. The fourth-order valence-electron chi connectivity index (χ4n) is 5.46. The van der Waals surface area contributed by atoms with Gasteiger partial charge in [0.1, 0.15) is 11.5 Å². The summed E-state index contributed by atoms with van der Waals surface area (Å²) in [5.74, 6) is -0.0139.